The summed E-state index contributed by atoms with van der Waals surface area (Å²) in [5.74, 6) is 0. The lowest BCUT2D eigenvalue weighted by Crippen LogP contribution is -2.20. The van der Waals surface area contributed by atoms with Crippen LogP contribution in [0.1, 0.15) is 33.4 Å². The topological polar surface area (TPSA) is 138 Å². The predicted molar refractivity (Wildman–Crippen MR) is 153 cm³/mol. The van der Waals surface area contributed by atoms with Gasteiger partial charge >= 0.3 is 0 Å². The lowest BCUT2D eigenvalue weighted by atomic mass is 9.73. The largest absolute Gasteiger partial charge is 0.399 e. The summed E-state index contributed by atoms with van der Waals surface area (Å²) in [7, 11) is 0. The summed E-state index contributed by atoms with van der Waals surface area (Å²) in [5.41, 5.74) is 20.2. The van der Waals surface area contributed by atoms with Crippen LogP contribution in [0.25, 0.3) is 23.3 Å². The number of hydrogen-bond acceptors (Lipinski definition) is 6. The molecule has 8 heteroatoms. The van der Waals surface area contributed by atoms with Crippen molar-refractivity contribution in [2.75, 3.05) is 11.5 Å². The van der Waals surface area contributed by atoms with E-state index in [1.54, 1.807) is 12.1 Å². The molecule has 0 amide bonds. The highest BCUT2D eigenvalue weighted by Crippen LogP contribution is 2.61. The molecule has 0 atom stereocenters. The minimum atomic E-state index is -0.585. The molecule has 8 nitrogen and oxygen atoms in total. The van der Waals surface area contributed by atoms with Crippen LogP contribution in [-0.4, -0.2) is 9.85 Å². The number of allylic oxidation sites excluding steroid dienone is 2. The van der Waals surface area contributed by atoms with Gasteiger partial charge in [0.05, 0.1) is 9.85 Å². The van der Waals surface area contributed by atoms with Crippen LogP contribution < -0.4 is 11.5 Å². The first kappa shape index (κ1) is 24.1. The molecule has 0 fully saturated rings. The summed E-state index contributed by atoms with van der Waals surface area (Å²) in [6.45, 7) is 0. The summed E-state index contributed by atoms with van der Waals surface area (Å²) in [5, 5.41) is 23.2. The number of hydrogen-bond donors (Lipinski definition) is 2. The zero-order chi connectivity index (χ0) is 27.3. The number of fused-ring (bicyclic) bond motifs is 2. The number of nitro groups is 2. The Morgan fingerprint density at radius 2 is 1.00 bits per heavy atom. The van der Waals surface area contributed by atoms with Gasteiger partial charge in [-0.05, 0) is 93.8 Å². The third kappa shape index (κ3) is 4.12. The highest BCUT2D eigenvalue weighted by Gasteiger charge is 2.50. The lowest BCUT2D eigenvalue weighted by molar-refractivity contribution is -0.385. The second-order valence-electron chi connectivity index (χ2n) is 10.1. The third-order valence-corrected chi connectivity index (χ3v) is 7.69. The number of nitro benzene ring substituents is 2. The van der Waals surface area contributed by atoms with E-state index in [1.807, 2.05) is 60.7 Å². The number of nitrogens with two attached hydrogens (primary N) is 2. The van der Waals surface area contributed by atoms with Crippen LogP contribution in [-0.2, 0) is 12.8 Å². The molecule has 0 saturated carbocycles. The average Bonchev–Trinajstić information content (AvgIpc) is 3.39. The van der Waals surface area contributed by atoms with Crippen LogP contribution in [0.15, 0.2) is 84.9 Å². The molecule has 2 aliphatic carbocycles. The van der Waals surface area contributed by atoms with Crippen LogP contribution in [0, 0.1) is 25.6 Å². The molecule has 0 saturated heterocycles. The van der Waals surface area contributed by atoms with Crippen LogP contribution in [0.2, 0.25) is 0 Å². The SMILES string of the molecule is Nc1ccc(/C=C2\c3ccc([N+](=O)[O-])cc3CC23Cc2cc([N+](=O)[O-])ccc2/C3=C\c2ccc(N)cc2)cc1. The maximum atomic E-state index is 11.6. The van der Waals surface area contributed by atoms with Crippen LogP contribution >= 0.6 is 0 Å². The Morgan fingerprint density at radius 3 is 1.36 bits per heavy atom. The van der Waals surface area contributed by atoms with Gasteiger partial charge in [-0.3, -0.25) is 20.2 Å². The van der Waals surface area contributed by atoms with Gasteiger partial charge in [-0.25, -0.2) is 0 Å². The zero-order valence-electron chi connectivity index (χ0n) is 20.8. The molecule has 39 heavy (non-hydrogen) atoms. The van der Waals surface area contributed by atoms with Gasteiger partial charge in [-0.2, -0.15) is 0 Å². The molecular formula is C31H24N4O4. The molecule has 0 aliphatic heterocycles. The molecule has 6 rings (SSSR count). The molecule has 4 N–H and O–H groups in total. The Kier molecular flexibility index (Phi) is 5.54. The standard InChI is InChI=1S/C31H24N4O4/c32-23-5-1-19(2-6-23)13-29-27-11-9-25(34(36)37)15-21(27)17-31(29)18-22-16-26(35(38)39)10-12-28(22)30(31)14-20-3-7-24(33)8-4-20/h1-16H,17-18,32-33H2/b29-13+,30-14+. The van der Waals surface area contributed by atoms with Gasteiger partial charge in [0.1, 0.15) is 0 Å². The first-order valence-electron chi connectivity index (χ1n) is 12.4. The predicted octanol–water partition coefficient (Wildman–Crippen LogP) is 6.55. The van der Waals surface area contributed by atoms with Crippen molar-refractivity contribution in [2.45, 2.75) is 12.8 Å². The molecule has 0 heterocycles. The van der Waals surface area contributed by atoms with Crippen LogP contribution in [0.5, 0.6) is 0 Å². The Bertz CT molecular complexity index is 1590. The number of non-ortho nitro benzene ring substituents is 2. The van der Waals surface area contributed by atoms with Crippen molar-refractivity contribution in [3.05, 3.63) is 139 Å². The van der Waals surface area contributed by atoms with Crippen molar-refractivity contribution in [1.82, 2.24) is 0 Å². The van der Waals surface area contributed by atoms with Gasteiger partial charge in [0.15, 0.2) is 0 Å². The van der Waals surface area contributed by atoms with E-state index in [-0.39, 0.29) is 21.2 Å². The quantitative estimate of drug-likeness (QED) is 0.179. The fraction of sp³-hybridized carbons (Fsp3) is 0.0968. The molecule has 4 aromatic carbocycles. The number of nitrogens with zero attached hydrogens (tertiary/aromatic N) is 2. The average molecular weight is 517 g/mol. The first-order valence-corrected chi connectivity index (χ1v) is 12.4. The monoisotopic (exact) mass is 516 g/mol. The third-order valence-electron chi connectivity index (χ3n) is 7.69. The molecule has 0 aromatic heterocycles. The summed E-state index contributed by atoms with van der Waals surface area (Å²) in [6, 6.07) is 25.1. The zero-order valence-corrected chi connectivity index (χ0v) is 20.8. The van der Waals surface area contributed by atoms with Gasteiger partial charge in [0, 0.05) is 41.1 Å². The number of benzene rings is 4. The van der Waals surface area contributed by atoms with E-state index in [1.165, 1.54) is 12.1 Å². The summed E-state index contributed by atoms with van der Waals surface area (Å²) in [4.78, 5) is 22.5. The summed E-state index contributed by atoms with van der Waals surface area (Å²) in [6.07, 6.45) is 5.25. The molecule has 4 aromatic rings. The summed E-state index contributed by atoms with van der Waals surface area (Å²) >= 11 is 0. The van der Waals surface area contributed by atoms with E-state index in [0.29, 0.717) is 24.2 Å². The van der Waals surface area contributed by atoms with E-state index in [0.717, 1.165) is 44.5 Å². The molecule has 2 aliphatic rings. The van der Waals surface area contributed by atoms with E-state index >= 15 is 0 Å². The van der Waals surface area contributed by atoms with Crippen molar-refractivity contribution < 1.29 is 9.85 Å². The highest BCUT2D eigenvalue weighted by molar-refractivity contribution is 6.04. The highest BCUT2D eigenvalue weighted by atomic mass is 16.6. The van der Waals surface area contributed by atoms with Crippen molar-refractivity contribution in [1.29, 1.82) is 0 Å². The van der Waals surface area contributed by atoms with Gasteiger partial charge in [0.2, 0.25) is 0 Å². The maximum Gasteiger partial charge on any atom is 0.269 e. The molecule has 192 valence electrons. The van der Waals surface area contributed by atoms with Gasteiger partial charge in [0.25, 0.3) is 11.4 Å². The fourth-order valence-corrected chi connectivity index (χ4v) is 5.91. The molecule has 1 spiro atoms. The molecule has 0 radical (unpaired) electrons. The van der Waals surface area contributed by atoms with Gasteiger partial charge in [-0.15, -0.1) is 0 Å². The second kappa shape index (κ2) is 8.95. The van der Waals surface area contributed by atoms with E-state index in [9.17, 15) is 20.2 Å². The van der Waals surface area contributed by atoms with Crippen LogP contribution in [0.3, 0.4) is 0 Å². The van der Waals surface area contributed by atoms with E-state index < -0.39 is 5.41 Å². The van der Waals surface area contributed by atoms with Crippen molar-refractivity contribution >= 4 is 46.0 Å². The number of anilines is 2. The molecular weight excluding hydrogens is 492 g/mol. The Labute approximate surface area is 224 Å². The van der Waals surface area contributed by atoms with E-state index in [2.05, 4.69) is 12.2 Å². The summed E-state index contributed by atoms with van der Waals surface area (Å²) < 4.78 is 0. The Morgan fingerprint density at radius 1 is 0.615 bits per heavy atom. The normalized spacial score (nSPS) is 16.9. The van der Waals surface area contributed by atoms with Crippen molar-refractivity contribution in [3.8, 4) is 0 Å². The first-order chi connectivity index (χ1) is 18.7. The van der Waals surface area contributed by atoms with Crippen LogP contribution in [0.4, 0.5) is 22.7 Å². The number of nitrogen functional groups attached to an aromatic ring is 2. The minimum Gasteiger partial charge on any atom is -0.399 e. The van der Waals surface area contributed by atoms with Gasteiger partial charge < -0.3 is 11.5 Å². The van der Waals surface area contributed by atoms with E-state index in [4.69, 9.17) is 11.5 Å². The number of rotatable bonds is 4. The fourth-order valence-electron chi connectivity index (χ4n) is 5.91. The smallest absolute Gasteiger partial charge is 0.269 e. The Hall–Kier alpha value is -5.24. The lowest BCUT2D eigenvalue weighted by Gasteiger charge is -2.29. The second-order valence-corrected chi connectivity index (χ2v) is 10.1. The van der Waals surface area contributed by atoms with Crippen molar-refractivity contribution in [3.63, 3.8) is 0 Å². The maximum absolute atomic E-state index is 11.6. The Balaban J connectivity index is 1.62. The molecule has 0 unspecified atom stereocenters. The van der Waals surface area contributed by atoms with Crippen molar-refractivity contribution in [2.24, 2.45) is 5.41 Å². The van der Waals surface area contributed by atoms with Gasteiger partial charge in [-0.1, -0.05) is 36.4 Å². The minimum absolute atomic E-state index is 0.0350. The molecule has 0 bridgehead atoms.